The lowest BCUT2D eigenvalue weighted by atomic mass is 10.3. The van der Waals surface area contributed by atoms with Crippen LogP contribution in [0.25, 0.3) is 0 Å². The number of carbonyl (C=O) groups excluding carboxylic acids is 1. The Hall–Kier alpha value is -1.77. The molecular formula is C17H22ClN5O2S. The standard InChI is InChI=1S/C17H22ClN5O2S/c1-21-7-9-23(10-8-21)16(24)12-26-17-20-19-15(22(17)2)11-25-14-6-4-3-5-13(14)18/h3-6H,7-12H2,1-2H3. The molecule has 1 aliphatic heterocycles. The number of ether oxygens (including phenoxy) is 1. The zero-order chi connectivity index (χ0) is 18.5. The van der Waals surface area contributed by atoms with Crippen molar-refractivity contribution in [3.05, 3.63) is 35.1 Å². The van der Waals surface area contributed by atoms with Crippen molar-refractivity contribution in [2.75, 3.05) is 39.0 Å². The van der Waals surface area contributed by atoms with E-state index in [1.54, 1.807) is 6.07 Å². The van der Waals surface area contributed by atoms with Crippen LogP contribution in [0.5, 0.6) is 5.75 Å². The minimum atomic E-state index is 0.139. The molecule has 0 radical (unpaired) electrons. The lowest BCUT2D eigenvalue weighted by Gasteiger charge is -2.32. The topological polar surface area (TPSA) is 63.5 Å². The maximum absolute atomic E-state index is 12.3. The largest absolute Gasteiger partial charge is 0.484 e. The van der Waals surface area contributed by atoms with E-state index < -0.39 is 0 Å². The second-order valence-electron chi connectivity index (χ2n) is 6.15. The van der Waals surface area contributed by atoms with Crippen LogP contribution in [0.1, 0.15) is 5.82 Å². The van der Waals surface area contributed by atoms with Gasteiger partial charge in [-0.2, -0.15) is 0 Å². The second-order valence-corrected chi connectivity index (χ2v) is 7.50. The first-order chi connectivity index (χ1) is 12.5. The number of rotatable bonds is 6. The first kappa shape index (κ1) is 19.0. The molecule has 0 spiro atoms. The fourth-order valence-electron chi connectivity index (χ4n) is 2.57. The number of nitrogens with zero attached hydrogens (tertiary/aromatic N) is 5. The van der Waals surface area contributed by atoms with Gasteiger partial charge < -0.3 is 19.1 Å². The Balaban J connectivity index is 1.52. The molecule has 0 atom stereocenters. The Morgan fingerprint density at radius 1 is 1.19 bits per heavy atom. The molecule has 0 saturated carbocycles. The molecule has 2 heterocycles. The molecular weight excluding hydrogens is 374 g/mol. The SMILES string of the molecule is CN1CCN(C(=O)CSc2nnc(COc3ccccc3Cl)n2C)CC1. The van der Waals surface area contributed by atoms with Crippen LogP contribution in [0.2, 0.25) is 5.02 Å². The minimum Gasteiger partial charge on any atom is -0.484 e. The summed E-state index contributed by atoms with van der Waals surface area (Å²) in [5.74, 6) is 1.79. The van der Waals surface area contributed by atoms with E-state index in [9.17, 15) is 4.79 Å². The Morgan fingerprint density at radius 3 is 2.65 bits per heavy atom. The van der Waals surface area contributed by atoms with Crippen LogP contribution >= 0.6 is 23.4 Å². The van der Waals surface area contributed by atoms with Crippen LogP contribution in [0, 0.1) is 0 Å². The molecule has 0 N–H and O–H groups in total. The smallest absolute Gasteiger partial charge is 0.233 e. The van der Waals surface area contributed by atoms with Crippen molar-refractivity contribution < 1.29 is 9.53 Å². The molecule has 1 aromatic heterocycles. The monoisotopic (exact) mass is 395 g/mol. The number of para-hydroxylation sites is 1. The van der Waals surface area contributed by atoms with E-state index in [0.29, 0.717) is 27.5 Å². The van der Waals surface area contributed by atoms with E-state index in [2.05, 4.69) is 22.1 Å². The molecule has 140 valence electrons. The number of aromatic nitrogens is 3. The molecule has 0 bridgehead atoms. The van der Waals surface area contributed by atoms with Crippen LogP contribution < -0.4 is 4.74 Å². The maximum Gasteiger partial charge on any atom is 0.233 e. The highest BCUT2D eigenvalue weighted by molar-refractivity contribution is 7.99. The van der Waals surface area contributed by atoms with E-state index in [0.717, 1.165) is 26.2 Å². The lowest BCUT2D eigenvalue weighted by molar-refractivity contribution is -0.129. The van der Waals surface area contributed by atoms with Crippen molar-refractivity contribution in [1.82, 2.24) is 24.6 Å². The fraction of sp³-hybridized carbons (Fsp3) is 0.471. The molecule has 26 heavy (non-hydrogen) atoms. The lowest BCUT2D eigenvalue weighted by Crippen LogP contribution is -2.47. The average molecular weight is 396 g/mol. The van der Waals surface area contributed by atoms with Gasteiger partial charge in [0.05, 0.1) is 10.8 Å². The predicted molar refractivity (Wildman–Crippen MR) is 102 cm³/mol. The van der Waals surface area contributed by atoms with Gasteiger partial charge in [0.2, 0.25) is 5.91 Å². The number of benzene rings is 1. The molecule has 1 amide bonds. The molecule has 7 nitrogen and oxygen atoms in total. The first-order valence-corrected chi connectivity index (χ1v) is 9.75. The number of hydrogen-bond donors (Lipinski definition) is 0. The van der Waals surface area contributed by atoms with Gasteiger partial charge in [-0.25, -0.2) is 0 Å². The quantitative estimate of drug-likeness (QED) is 0.696. The number of amides is 1. The summed E-state index contributed by atoms with van der Waals surface area (Å²) in [5, 5.41) is 9.57. The van der Waals surface area contributed by atoms with Crippen LogP contribution in [-0.2, 0) is 18.4 Å². The van der Waals surface area contributed by atoms with Gasteiger partial charge in [0.15, 0.2) is 11.0 Å². The van der Waals surface area contributed by atoms with Gasteiger partial charge in [-0.3, -0.25) is 4.79 Å². The van der Waals surface area contributed by atoms with Gasteiger partial charge >= 0.3 is 0 Å². The van der Waals surface area contributed by atoms with Crippen LogP contribution in [-0.4, -0.2) is 69.5 Å². The van der Waals surface area contributed by atoms with Gasteiger partial charge in [-0.05, 0) is 19.2 Å². The van der Waals surface area contributed by atoms with E-state index in [1.165, 1.54) is 11.8 Å². The summed E-state index contributed by atoms with van der Waals surface area (Å²) in [7, 11) is 3.94. The van der Waals surface area contributed by atoms with E-state index in [4.69, 9.17) is 16.3 Å². The van der Waals surface area contributed by atoms with Gasteiger partial charge in [0.25, 0.3) is 0 Å². The summed E-state index contributed by atoms with van der Waals surface area (Å²) in [6, 6.07) is 7.30. The van der Waals surface area contributed by atoms with Crippen LogP contribution in [0.15, 0.2) is 29.4 Å². The van der Waals surface area contributed by atoms with Gasteiger partial charge in [-0.15, -0.1) is 10.2 Å². The van der Waals surface area contributed by atoms with Crippen LogP contribution in [0.4, 0.5) is 0 Å². The van der Waals surface area contributed by atoms with E-state index >= 15 is 0 Å². The molecule has 1 fully saturated rings. The second kappa shape index (κ2) is 8.75. The van der Waals surface area contributed by atoms with Crippen molar-refractivity contribution >= 4 is 29.3 Å². The Labute approximate surface area is 162 Å². The highest BCUT2D eigenvalue weighted by Gasteiger charge is 2.20. The zero-order valence-corrected chi connectivity index (χ0v) is 16.5. The number of thioether (sulfide) groups is 1. The third-order valence-corrected chi connectivity index (χ3v) is 5.62. The summed E-state index contributed by atoms with van der Waals surface area (Å²) >= 11 is 7.48. The van der Waals surface area contributed by atoms with Crippen molar-refractivity contribution in [3.8, 4) is 5.75 Å². The summed E-state index contributed by atoms with van der Waals surface area (Å²) in [5.41, 5.74) is 0. The average Bonchev–Trinajstić information content (AvgIpc) is 2.99. The molecule has 1 aromatic carbocycles. The number of piperazine rings is 1. The summed E-state index contributed by atoms with van der Waals surface area (Å²) < 4.78 is 7.55. The first-order valence-electron chi connectivity index (χ1n) is 8.39. The molecule has 1 aliphatic rings. The summed E-state index contributed by atoms with van der Waals surface area (Å²) in [4.78, 5) is 16.5. The third kappa shape index (κ3) is 4.69. The highest BCUT2D eigenvalue weighted by Crippen LogP contribution is 2.24. The number of likely N-dealkylation sites (N-methyl/N-ethyl adjacent to an activating group) is 1. The van der Waals surface area contributed by atoms with E-state index in [1.807, 2.05) is 34.7 Å². The van der Waals surface area contributed by atoms with Crippen molar-refractivity contribution in [1.29, 1.82) is 0 Å². The Morgan fingerprint density at radius 2 is 1.92 bits per heavy atom. The van der Waals surface area contributed by atoms with Crippen molar-refractivity contribution in [2.45, 2.75) is 11.8 Å². The number of hydrogen-bond acceptors (Lipinski definition) is 6. The summed E-state index contributed by atoms with van der Waals surface area (Å²) in [6.07, 6.45) is 0. The maximum atomic E-state index is 12.3. The van der Waals surface area contributed by atoms with E-state index in [-0.39, 0.29) is 12.5 Å². The Kier molecular flexibility index (Phi) is 6.39. The molecule has 0 unspecified atom stereocenters. The molecule has 0 aliphatic carbocycles. The summed E-state index contributed by atoms with van der Waals surface area (Å²) in [6.45, 7) is 3.67. The Bertz CT molecular complexity index is 761. The minimum absolute atomic E-state index is 0.139. The molecule has 3 rings (SSSR count). The fourth-order valence-corrected chi connectivity index (χ4v) is 3.60. The third-order valence-electron chi connectivity index (χ3n) is 4.30. The number of carbonyl (C=O) groups is 1. The zero-order valence-electron chi connectivity index (χ0n) is 14.9. The predicted octanol–water partition coefficient (Wildman–Crippen LogP) is 1.91. The van der Waals surface area contributed by atoms with Crippen molar-refractivity contribution in [3.63, 3.8) is 0 Å². The van der Waals surface area contributed by atoms with Gasteiger partial charge in [-0.1, -0.05) is 35.5 Å². The molecule has 9 heteroatoms. The van der Waals surface area contributed by atoms with Gasteiger partial charge in [0.1, 0.15) is 12.4 Å². The number of halogens is 1. The highest BCUT2D eigenvalue weighted by atomic mass is 35.5. The van der Waals surface area contributed by atoms with Crippen LogP contribution in [0.3, 0.4) is 0 Å². The normalized spacial score (nSPS) is 15.3. The molecule has 1 saturated heterocycles. The van der Waals surface area contributed by atoms with Gasteiger partial charge in [0, 0.05) is 33.2 Å². The molecule has 2 aromatic rings. The van der Waals surface area contributed by atoms with Crippen molar-refractivity contribution in [2.24, 2.45) is 7.05 Å².